The Morgan fingerprint density at radius 2 is 1.93 bits per heavy atom. The van der Waals surface area contributed by atoms with E-state index in [0.29, 0.717) is 6.04 Å². The Balaban J connectivity index is 0. The van der Waals surface area contributed by atoms with Crippen LogP contribution in [0.5, 0.6) is 0 Å². The Hall–Kier alpha value is 0.504. The molecule has 0 bridgehead atoms. The van der Waals surface area contributed by atoms with E-state index >= 15 is 0 Å². The normalized spacial score (nSPS) is 20.8. The molecule has 0 aliphatic carbocycles. The van der Waals surface area contributed by atoms with Crippen LogP contribution in [0.4, 0.5) is 0 Å². The van der Waals surface area contributed by atoms with E-state index in [9.17, 15) is 0 Å². The maximum Gasteiger partial charge on any atom is 0.00763 e. The number of likely N-dealkylation sites (tertiary alicyclic amines) is 1. The van der Waals surface area contributed by atoms with E-state index in [4.69, 9.17) is 0 Å². The first-order valence-corrected chi connectivity index (χ1v) is 6.07. The molecule has 0 aromatic rings. The summed E-state index contributed by atoms with van der Waals surface area (Å²) in [6, 6.07) is 1.32. The maximum absolute atomic E-state index is 4.50. The quantitative estimate of drug-likeness (QED) is 0.748. The van der Waals surface area contributed by atoms with Gasteiger partial charge in [0.2, 0.25) is 0 Å². The van der Waals surface area contributed by atoms with Crippen LogP contribution in [0.2, 0.25) is 0 Å². The Labute approximate surface area is 108 Å². The largest absolute Gasteiger partial charge is 0.660 e. The molecule has 1 unspecified atom stereocenters. The van der Waals surface area contributed by atoms with Crippen LogP contribution in [-0.4, -0.2) is 37.1 Å². The zero-order chi connectivity index (χ0) is 11.0. The Bertz CT molecular complexity index is 129. The van der Waals surface area contributed by atoms with Crippen molar-refractivity contribution in [1.82, 2.24) is 4.90 Å². The van der Waals surface area contributed by atoms with Gasteiger partial charge in [0.25, 0.3) is 0 Å². The van der Waals surface area contributed by atoms with Crippen LogP contribution < -0.4 is 0 Å². The first-order chi connectivity index (χ1) is 6.70. The van der Waals surface area contributed by atoms with Gasteiger partial charge in [0, 0.05) is 24.6 Å². The van der Waals surface area contributed by atoms with Gasteiger partial charge in [0.05, 0.1) is 0 Å². The minimum Gasteiger partial charge on any atom is -0.660 e. The summed E-state index contributed by atoms with van der Waals surface area (Å²) in [6.45, 7) is 10.6. The molecule has 1 atom stereocenters. The third-order valence-corrected chi connectivity index (χ3v) is 2.63. The van der Waals surface area contributed by atoms with Gasteiger partial charge in [-0.25, -0.2) is 0 Å². The molecule has 1 saturated heterocycles. The number of hydrogen-bond acceptors (Lipinski definition) is 1. The molecule has 1 radical (unpaired) electrons. The standard InChI is InChI=1S/C10H21N2.C2H6.V/c1-9(2)11-7-6-10-5-4-8-12(10)3;1-2;/h9-10H,4-8H2,1-3H3;1-2H3;/q-1;;. The molecule has 3 heteroatoms. The molecule has 0 spiro atoms. The smallest absolute Gasteiger partial charge is 0.00763 e. The summed E-state index contributed by atoms with van der Waals surface area (Å²) in [4.78, 5) is 2.47. The molecule has 0 aromatic heterocycles. The third-order valence-electron chi connectivity index (χ3n) is 2.63. The molecule has 0 N–H and O–H groups in total. The number of rotatable bonds is 4. The first kappa shape index (κ1) is 17.9. The molecule has 2 nitrogen and oxygen atoms in total. The molecule has 1 aliphatic heterocycles. The van der Waals surface area contributed by atoms with Gasteiger partial charge in [-0.1, -0.05) is 34.1 Å². The molecule has 1 heterocycles. The zero-order valence-corrected chi connectivity index (χ0v) is 12.4. The second kappa shape index (κ2) is 11.0. The summed E-state index contributed by atoms with van der Waals surface area (Å²) in [6.07, 6.45) is 4.02. The van der Waals surface area contributed by atoms with Crippen molar-refractivity contribution in [2.75, 3.05) is 20.1 Å². The SMILES string of the molecule is CC.CC(C)[N-]CCC1CCCN1C.[V]. The predicted octanol–water partition coefficient (Wildman–Crippen LogP) is 3.28. The predicted molar refractivity (Wildman–Crippen MR) is 65.0 cm³/mol. The Kier molecular flexibility index (Phi) is 13.1. The van der Waals surface area contributed by atoms with Gasteiger partial charge < -0.3 is 10.2 Å². The first-order valence-electron chi connectivity index (χ1n) is 6.07. The van der Waals surface area contributed by atoms with Crippen molar-refractivity contribution in [1.29, 1.82) is 0 Å². The van der Waals surface area contributed by atoms with Crippen LogP contribution in [0.25, 0.3) is 5.32 Å². The van der Waals surface area contributed by atoms with Crippen LogP contribution in [0, 0.1) is 0 Å². The Morgan fingerprint density at radius 1 is 1.33 bits per heavy atom. The monoisotopic (exact) mass is 250 g/mol. The molecule has 1 rings (SSSR count). The Morgan fingerprint density at radius 3 is 2.33 bits per heavy atom. The van der Waals surface area contributed by atoms with E-state index in [1.165, 1.54) is 25.8 Å². The van der Waals surface area contributed by atoms with E-state index in [2.05, 4.69) is 31.1 Å². The number of hydrogen-bond donors (Lipinski definition) is 0. The molecule has 0 saturated carbocycles. The topological polar surface area (TPSA) is 17.3 Å². The van der Waals surface area contributed by atoms with Crippen molar-refractivity contribution in [2.24, 2.45) is 0 Å². The molecule has 91 valence electrons. The molecule has 15 heavy (non-hydrogen) atoms. The minimum atomic E-state index is 0. The van der Waals surface area contributed by atoms with E-state index in [0.717, 1.165) is 12.6 Å². The summed E-state index contributed by atoms with van der Waals surface area (Å²) in [5, 5.41) is 4.50. The summed E-state index contributed by atoms with van der Waals surface area (Å²) in [5.74, 6) is 0. The molecule has 0 amide bonds. The fourth-order valence-corrected chi connectivity index (χ4v) is 1.83. The average molecular weight is 250 g/mol. The van der Waals surface area contributed by atoms with Crippen LogP contribution in [0.15, 0.2) is 0 Å². The van der Waals surface area contributed by atoms with Gasteiger partial charge in [0.1, 0.15) is 0 Å². The summed E-state index contributed by atoms with van der Waals surface area (Å²) >= 11 is 0. The van der Waals surface area contributed by atoms with Crippen molar-refractivity contribution in [3.63, 3.8) is 0 Å². The van der Waals surface area contributed by atoms with Crippen LogP contribution in [0.3, 0.4) is 0 Å². The van der Waals surface area contributed by atoms with E-state index in [1.807, 2.05) is 13.8 Å². The number of nitrogens with zero attached hydrogens (tertiary/aromatic N) is 2. The van der Waals surface area contributed by atoms with E-state index < -0.39 is 0 Å². The minimum absolute atomic E-state index is 0. The summed E-state index contributed by atoms with van der Waals surface area (Å²) in [5.41, 5.74) is 0. The molecular formula is C12H27N2V-. The van der Waals surface area contributed by atoms with Gasteiger partial charge in [-0.05, 0) is 26.4 Å². The van der Waals surface area contributed by atoms with Crippen LogP contribution in [-0.2, 0) is 18.6 Å². The van der Waals surface area contributed by atoms with Crippen molar-refractivity contribution in [2.45, 2.75) is 59.0 Å². The fourth-order valence-electron chi connectivity index (χ4n) is 1.83. The zero-order valence-electron chi connectivity index (χ0n) is 11.0. The van der Waals surface area contributed by atoms with Crippen LogP contribution >= 0.6 is 0 Å². The third kappa shape index (κ3) is 8.33. The molecule has 0 aromatic carbocycles. The molecular weight excluding hydrogens is 223 g/mol. The van der Waals surface area contributed by atoms with Gasteiger partial charge in [-0.2, -0.15) is 0 Å². The van der Waals surface area contributed by atoms with Gasteiger partial charge >= 0.3 is 0 Å². The van der Waals surface area contributed by atoms with Gasteiger partial charge in [0.15, 0.2) is 0 Å². The van der Waals surface area contributed by atoms with Crippen molar-refractivity contribution >= 4 is 0 Å². The van der Waals surface area contributed by atoms with Crippen LogP contribution in [0.1, 0.15) is 47.0 Å². The van der Waals surface area contributed by atoms with Gasteiger partial charge in [-0.3, -0.25) is 0 Å². The summed E-state index contributed by atoms with van der Waals surface area (Å²) < 4.78 is 0. The summed E-state index contributed by atoms with van der Waals surface area (Å²) in [7, 11) is 2.23. The fraction of sp³-hybridized carbons (Fsp3) is 1.00. The van der Waals surface area contributed by atoms with E-state index in [1.54, 1.807) is 0 Å². The van der Waals surface area contributed by atoms with Crippen molar-refractivity contribution < 1.29 is 18.6 Å². The second-order valence-electron chi connectivity index (χ2n) is 4.07. The maximum atomic E-state index is 4.50. The molecule has 1 fully saturated rings. The van der Waals surface area contributed by atoms with Gasteiger partial charge in [-0.15, -0.1) is 12.6 Å². The molecule has 1 aliphatic rings. The second-order valence-corrected chi connectivity index (χ2v) is 4.07. The van der Waals surface area contributed by atoms with Crippen molar-refractivity contribution in [3.8, 4) is 0 Å². The van der Waals surface area contributed by atoms with E-state index in [-0.39, 0.29) is 18.6 Å². The average Bonchev–Trinajstić information content (AvgIpc) is 2.55. The van der Waals surface area contributed by atoms with Crippen molar-refractivity contribution in [3.05, 3.63) is 5.32 Å².